The molecular weight excluding hydrogens is 222 g/mol. The molecular formula is C6H3Cl2Se. The molecule has 0 aliphatic carbocycles. The summed E-state index contributed by atoms with van der Waals surface area (Å²) < 4.78 is 0.893. The molecule has 0 saturated heterocycles. The van der Waals surface area contributed by atoms with E-state index in [-0.39, 0.29) is 0 Å². The Bertz CT molecular complexity index is 202. The second-order valence-corrected chi connectivity index (χ2v) is 3.26. The number of hydrogen-bond donors (Lipinski definition) is 0. The molecule has 0 amide bonds. The Morgan fingerprint density at radius 1 is 1.22 bits per heavy atom. The van der Waals surface area contributed by atoms with E-state index in [1.165, 1.54) is 0 Å². The first kappa shape index (κ1) is 7.43. The van der Waals surface area contributed by atoms with Crippen LogP contribution in [-0.4, -0.2) is 16.0 Å². The Balaban J connectivity index is 3.25. The average Bonchev–Trinajstić information content (AvgIpc) is 1.83. The third-order valence-electron chi connectivity index (χ3n) is 0.916. The van der Waals surface area contributed by atoms with E-state index in [0.717, 1.165) is 4.46 Å². The van der Waals surface area contributed by atoms with Crippen molar-refractivity contribution in [3.8, 4) is 0 Å². The molecule has 0 aromatic heterocycles. The quantitative estimate of drug-likeness (QED) is 0.590. The molecule has 0 aliphatic rings. The van der Waals surface area contributed by atoms with E-state index in [4.69, 9.17) is 23.2 Å². The first-order valence-corrected chi connectivity index (χ1v) is 3.94. The fourth-order valence-corrected chi connectivity index (χ4v) is 1.31. The summed E-state index contributed by atoms with van der Waals surface area (Å²) in [4.78, 5) is 0. The molecule has 0 bridgehead atoms. The third-order valence-corrected chi connectivity index (χ3v) is 2.70. The van der Waals surface area contributed by atoms with E-state index in [2.05, 4.69) is 16.0 Å². The zero-order valence-corrected chi connectivity index (χ0v) is 7.62. The summed E-state index contributed by atoms with van der Waals surface area (Å²) in [5.74, 6) is 0. The van der Waals surface area contributed by atoms with E-state index >= 15 is 0 Å². The summed E-state index contributed by atoms with van der Waals surface area (Å²) in [5.41, 5.74) is 0. The van der Waals surface area contributed by atoms with Gasteiger partial charge in [-0.25, -0.2) is 0 Å². The van der Waals surface area contributed by atoms with E-state index in [1.807, 2.05) is 12.1 Å². The second-order valence-electron chi connectivity index (χ2n) is 1.55. The van der Waals surface area contributed by atoms with Crippen molar-refractivity contribution in [1.82, 2.24) is 0 Å². The summed E-state index contributed by atoms with van der Waals surface area (Å²) in [6.45, 7) is 0. The first-order chi connectivity index (χ1) is 4.22. The topological polar surface area (TPSA) is 0 Å². The molecule has 0 spiro atoms. The molecule has 0 fully saturated rings. The maximum atomic E-state index is 5.71. The third kappa shape index (κ3) is 1.62. The van der Waals surface area contributed by atoms with Crippen molar-refractivity contribution in [2.45, 2.75) is 0 Å². The predicted octanol–water partition coefficient (Wildman–Crippen LogP) is 1.79. The Kier molecular flexibility index (Phi) is 2.42. The molecule has 1 rings (SSSR count). The van der Waals surface area contributed by atoms with Crippen LogP contribution in [0.4, 0.5) is 0 Å². The van der Waals surface area contributed by atoms with Gasteiger partial charge in [0, 0.05) is 0 Å². The molecule has 1 aromatic rings. The normalized spacial score (nSPS) is 9.56. The summed E-state index contributed by atoms with van der Waals surface area (Å²) in [5, 5.41) is 1.19. The van der Waals surface area contributed by atoms with Gasteiger partial charge in [-0.1, -0.05) is 0 Å². The van der Waals surface area contributed by atoms with Crippen LogP contribution >= 0.6 is 23.2 Å². The van der Waals surface area contributed by atoms with Gasteiger partial charge in [-0.2, -0.15) is 0 Å². The molecule has 1 radical (unpaired) electrons. The van der Waals surface area contributed by atoms with E-state index in [0.29, 0.717) is 10.0 Å². The molecule has 0 saturated carbocycles. The Hall–Kier alpha value is 0.319. The first-order valence-electron chi connectivity index (χ1n) is 2.33. The van der Waals surface area contributed by atoms with Crippen molar-refractivity contribution in [1.29, 1.82) is 0 Å². The van der Waals surface area contributed by atoms with Crippen LogP contribution in [0, 0.1) is 0 Å². The van der Waals surface area contributed by atoms with Gasteiger partial charge in [0.2, 0.25) is 0 Å². The van der Waals surface area contributed by atoms with Gasteiger partial charge in [-0.15, -0.1) is 0 Å². The van der Waals surface area contributed by atoms with Crippen LogP contribution in [-0.2, 0) is 0 Å². The van der Waals surface area contributed by atoms with Gasteiger partial charge in [-0.05, 0) is 0 Å². The van der Waals surface area contributed by atoms with Crippen LogP contribution in [0.25, 0.3) is 0 Å². The van der Waals surface area contributed by atoms with Gasteiger partial charge < -0.3 is 0 Å². The van der Waals surface area contributed by atoms with Gasteiger partial charge in [0.15, 0.2) is 0 Å². The molecule has 9 heavy (non-hydrogen) atoms. The SMILES string of the molecule is Clc1cccc([Se])c1Cl. The predicted molar refractivity (Wildman–Crippen MR) is 41.9 cm³/mol. The van der Waals surface area contributed by atoms with E-state index in [9.17, 15) is 0 Å². The molecule has 0 atom stereocenters. The average molecular weight is 225 g/mol. The minimum atomic E-state index is 0.591. The van der Waals surface area contributed by atoms with Gasteiger partial charge in [-0.3, -0.25) is 0 Å². The van der Waals surface area contributed by atoms with Crippen molar-refractivity contribution in [3.05, 3.63) is 28.2 Å². The standard InChI is InChI=1S/C6H3Cl2Se/c7-4-2-1-3-5(9)6(4)8/h1-3H. The van der Waals surface area contributed by atoms with Gasteiger partial charge in [0.1, 0.15) is 0 Å². The molecule has 1 aromatic carbocycles. The number of halogens is 2. The van der Waals surface area contributed by atoms with Crippen LogP contribution < -0.4 is 4.46 Å². The van der Waals surface area contributed by atoms with Crippen molar-refractivity contribution in [2.75, 3.05) is 0 Å². The zero-order chi connectivity index (χ0) is 6.85. The fraction of sp³-hybridized carbons (Fsp3) is 0. The van der Waals surface area contributed by atoms with Crippen molar-refractivity contribution in [3.63, 3.8) is 0 Å². The Labute approximate surface area is 72.0 Å². The molecule has 0 N–H and O–H groups in total. The second kappa shape index (κ2) is 2.94. The van der Waals surface area contributed by atoms with Crippen molar-refractivity contribution < 1.29 is 0 Å². The summed E-state index contributed by atoms with van der Waals surface area (Å²) >= 11 is 14.2. The molecule has 3 heteroatoms. The van der Waals surface area contributed by atoms with Gasteiger partial charge in [0.25, 0.3) is 0 Å². The monoisotopic (exact) mass is 225 g/mol. The summed E-state index contributed by atoms with van der Waals surface area (Å²) in [7, 11) is 0. The fourth-order valence-electron chi connectivity index (χ4n) is 0.484. The molecule has 0 heterocycles. The molecule has 0 nitrogen and oxygen atoms in total. The number of benzene rings is 1. The van der Waals surface area contributed by atoms with E-state index < -0.39 is 0 Å². The molecule has 0 aliphatic heterocycles. The zero-order valence-electron chi connectivity index (χ0n) is 4.40. The van der Waals surface area contributed by atoms with Gasteiger partial charge in [0.05, 0.1) is 0 Å². The molecule has 0 unspecified atom stereocenters. The minimum absolute atomic E-state index is 0.591. The van der Waals surface area contributed by atoms with Crippen LogP contribution in [0.2, 0.25) is 10.0 Å². The Morgan fingerprint density at radius 3 is 2.33 bits per heavy atom. The van der Waals surface area contributed by atoms with Crippen LogP contribution in [0.15, 0.2) is 18.2 Å². The Morgan fingerprint density at radius 2 is 1.89 bits per heavy atom. The number of rotatable bonds is 0. The molecule has 47 valence electrons. The number of hydrogen-bond acceptors (Lipinski definition) is 0. The van der Waals surface area contributed by atoms with Crippen LogP contribution in [0.5, 0.6) is 0 Å². The van der Waals surface area contributed by atoms with Crippen molar-refractivity contribution >= 4 is 43.7 Å². The summed E-state index contributed by atoms with van der Waals surface area (Å²) in [6.07, 6.45) is 0. The van der Waals surface area contributed by atoms with Crippen molar-refractivity contribution in [2.24, 2.45) is 0 Å². The van der Waals surface area contributed by atoms with Gasteiger partial charge >= 0.3 is 71.9 Å². The van der Waals surface area contributed by atoms with E-state index in [1.54, 1.807) is 6.07 Å². The van der Waals surface area contributed by atoms with Crippen LogP contribution in [0.3, 0.4) is 0 Å². The van der Waals surface area contributed by atoms with Crippen LogP contribution in [0.1, 0.15) is 0 Å². The maximum absolute atomic E-state index is 5.71. The summed E-state index contributed by atoms with van der Waals surface area (Å²) in [6, 6.07) is 5.47.